The van der Waals surface area contributed by atoms with Gasteiger partial charge in [-0.2, -0.15) is 0 Å². The first-order valence-electron chi connectivity index (χ1n) is 4.86. The highest BCUT2D eigenvalue weighted by molar-refractivity contribution is 7.90. The van der Waals surface area contributed by atoms with E-state index >= 15 is 0 Å². The first-order chi connectivity index (χ1) is 7.88. The quantitative estimate of drug-likeness (QED) is 0.913. The van der Waals surface area contributed by atoms with Crippen LogP contribution in [0.1, 0.15) is 5.56 Å². The van der Waals surface area contributed by atoms with Crippen molar-refractivity contribution in [3.05, 3.63) is 29.1 Å². The Hall–Kier alpha value is -1.40. The molecule has 1 heterocycles. The minimum Gasteiger partial charge on any atom is -0.369 e. The van der Waals surface area contributed by atoms with Crippen molar-refractivity contribution in [3.8, 4) is 0 Å². The first kappa shape index (κ1) is 12.1. The van der Waals surface area contributed by atoms with Crippen LogP contribution >= 0.6 is 11.3 Å². The van der Waals surface area contributed by atoms with Gasteiger partial charge in [0.25, 0.3) is 0 Å². The van der Waals surface area contributed by atoms with Crippen molar-refractivity contribution in [2.75, 3.05) is 6.26 Å². The van der Waals surface area contributed by atoms with Crippen LogP contribution < -0.4 is 5.73 Å². The fraction of sp³-hybridized carbons (Fsp3) is 0.182. The second kappa shape index (κ2) is 4.12. The molecule has 17 heavy (non-hydrogen) atoms. The smallest absolute Gasteiger partial charge is 0.221 e. The molecule has 0 aliphatic carbocycles. The van der Waals surface area contributed by atoms with Crippen molar-refractivity contribution >= 4 is 37.2 Å². The van der Waals surface area contributed by atoms with Crippen LogP contribution in [0.15, 0.2) is 28.5 Å². The van der Waals surface area contributed by atoms with Gasteiger partial charge in [-0.3, -0.25) is 4.79 Å². The molecule has 4 nitrogen and oxygen atoms in total. The van der Waals surface area contributed by atoms with Gasteiger partial charge in [0.15, 0.2) is 9.84 Å². The second-order valence-electron chi connectivity index (χ2n) is 3.83. The first-order valence-corrected chi connectivity index (χ1v) is 7.63. The monoisotopic (exact) mass is 269 g/mol. The summed E-state index contributed by atoms with van der Waals surface area (Å²) in [6.45, 7) is 0. The van der Waals surface area contributed by atoms with Crippen LogP contribution in [0.2, 0.25) is 0 Å². The summed E-state index contributed by atoms with van der Waals surface area (Å²) in [6.07, 6.45) is 1.29. The van der Waals surface area contributed by atoms with Crippen molar-refractivity contribution in [2.45, 2.75) is 11.3 Å². The van der Waals surface area contributed by atoms with Crippen molar-refractivity contribution < 1.29 is 13.2 Å². The number of benzene rings is 1. The van der Waals surface area contributed by atoms with E-state index in [1.54, 1.807) is 18.2 Å². The van der Waals surface area contributed by atoms with Gasteiger partial charge in [0.2, 0.25) is 5.91 Å². The molecule has 0 aliphatic heterocycles. The maximum absolute atomic E-state index is 11.4. The van der Waals surface area contributed by atoms with E-state index in [9.17, 15) is 13.2 Å². The molecule has 1 aromatic heterocycles. The lowest BCUT2D eigenvalue weighted by molar-refractivity contribution is -0.117. The summed E-state index contributed by atoms with van der Waals surface area (Å²) in [5, 5.41) is 2.62. The number of hydrogen-bond donors (Lipinski definition) is 1. The van der Waals surface area contributed by atoms with Gasteiger partial charge in [-0.1, -0.05) is 0 Å². The Morgan fingerprint density at radius 3 is 2.71 bits per heavy atom. The van der Waals surface area contributed by atoms with Crippen LogP contribution in [-0.2, 0) is 21.1 Å². The molecule has 2 rings (SSSR count). The number of sulfone groups is 1. The summed E-state index contributed by atoms with van der Waals surface area (Å²) in [5.41, 5.74) is 5.93. The Labute approximate surface area is 103 Å². The molecule has 6 heteroatoms. The topological polar surface area (TPSA) is 77.2 Å². The predicted octanol–water partition coefficient (Wildman–Crippen LogP) is 1.33. The minimum atomic E-state index is -3.23. The molecule has 0 radical (unpaired) electrons. The summed E-state index contributed by atoms with van der Waals surface area (Å²) in [4.78, 5) is 11.2. The molecular formula is C11H11NO3S2. The fourth-order valence-electron chi connectivity index (χ4n) is 1.62. The van der Waals surface area contributed by atoms with Gasteiger partial charge in [0.05, 0.1) is 11.3 Å². The standard InChI is InChI=1S/C11H11NO3S2/c1-17(14,15)8-2-3-10-9(5-8)7(6-16-10)4-11(12)13/h2-3,5-6H,4H2,1H3,(H2,12,13). The summed E-state index contributed by atoms with van der Waals surface area (Å²) in [5.74, 6) is -0.422. The maximum atomic E-state index is 11.4. The van der Waals surface area contributed by atoms with Crippen molar-refractivity contribution in [1.29, 1.82) is 0 Å². The lowest BCUT2D eigenvalue weighted by Gasteiger charge is -2.00. The Morgan fingerprint density at radius 2 is 2.12 bits per heavy atom. The zero-order valence-electron chi connectivity index (χ0n) is 9.14. The summed E-state index contributed by atoms with van der Waals surface area (Å²) < 4.78 is 23.8. The van der Waals surface area contributed by atoms with E-state index in [0.717, 1.165) is 21.9 Å². The number of primary amides is 1. The van der Waals surface area contributed by atoms with Gasteiger partial charge in [-0.25, -0.2) is 8.42 Å². The van der Waals surface area contributed by atoms with Gasteiger partial charge in [0.1, 0.15) is 0 Å². The molecule has 0 bridgehead atoms. The van der Waals surface area contributed by atoms with Gasteiger partial charge < -0.3 is 5.73 Å². The van der Waals surface area contributed by atoms with E-state index in [4.69, 9.17) is 5.73 Å². The van der Waals surface area contributed by atoms with E-state index in [1.807, 2.05) is 5.38 Å². The number of rotatable bonds is 3. The molecular weight excluding hydrogens is 258 g/mol. The molecule has 0 unspecified atom stereocenters. The third-order valence-corrected chi connectivity index (χ3v) is 4.54. The zero-order valence-corrected chi connectivity index (χ0v) is 10.8. The largest absolute Gasteiger partial charge is 0.369 e. The number of amides is 1. The third-order valence-electron chi connectivity index (χ3n) is 2.42. The van der Waals surface area contributed by atoms with E-state index in [-0.39, 0.29) is 11.3 Å². The van der Waals surface area contributed by atoms with Crippen LogP contribution in [0, 0.1) is 0 Å². The lowest BCUT2D eigenvalue weighted by Crippen LogP contribution is -2.13. The molecule has 90 valence electrons. The molecule has 1 amide bonds. The Kier molecular flexibility index (Phi) is 2.92. The van der Waals surface area contributed by atoms with Crippen LogP contribution in [-0.4, -0.2) is 20.6 Å². The lowest BCUT2D eigenvalue weighted by atomic mass is 10.1. The fourth-order valence-corrected chi connectivity index (χ4v) is 3.21. The molecule has 0 saturated heterocycles. The molecule has 0 saturated carbocycles. The predicted molar refractivity (Wildman–Crippen MR) is 67.8 cm³/mol. The molecule has 0 spiro atoms. The van der Waals surface area contributed by atoms with Crippen LogP contribution in [0.3, 0.4) is 0 Å². The average molecular weight is 269 g/mol. The van der Waals surface area contributed by atoms with E-state index < -0.39 is 15.7 Å². The minimum absolute atomic E-state index is 0.132. The summed E-state index contributed by atoms with van der Waals surface area (Å²) in [7, 11) is -3.23. The highest BCUT2D eigenvalue weighted by Gasteiger charge is 2.11. The van der Waals surface area contributed by atoms with Gasteiger partial charge in [-0.15, -0.1) is 11.3 Å². The van der Waals surface area contributed by atoms with Gasteiger partial charge >= 0.3 is 0 Å². The van der Waals surface area contributed by atoms with Crippen molar-refractivity contribution in [1.82, 2.24) is 0 Å². The number of fused-ring (bicyclic) bond motifs is 1. The van der Waals surface area contributed by atoms with Crippen molar-refractivity contribution in [3.63, 3.8) is 0 Å². The number of carbonyl (C=O) groups excluding carboxylic acids is 1. The SMILES string of the molecule is CS(=O)(=O)c1ccc2scc(CC(N)=O)c2c1. The highest BCUT2D eigenvalue weighted by Crippen LogP contribution is 2.28. The number of hydrogen-bond acceptors (Lipinski definition) is 4. The van der Waals surface area contributed by atoms with Gasteiger partial charge in [0, 0.05) is 11.0 Å². The van der Waals surface area contributed by atoms with Crippen molar-refractivity contribution in [2.24, 2.45) is 5.73 Å². The molecule has 2 aromatic rings. The molecule has 2 N–H and O–H groups in total. The number of carbonyl (C=O) groups is 1. The normalized spacial score (nSPS) is 11.8. The van der Waals surface area contributed by atoms with E-state index in [0.29, 0.717) is 0 Å². The molecule has 1 aromatic carbocycles. The molecule has 0 aliphatic rings. The number of thiophene rings is 1. The summed E-state index contributed by atoms with van der Waals surface area (Å²) >= 11 is 1.47. The van der Waals surface area contributed by atoms with Crippen LogP contribution in [0.4, 0.5) is 0 Å². The number of nitrogens with two attached hydrogens (primary N) is 1. The molecule has 0 fully saturated rings. The molecule has 0 atom stereocenters. The Bertz CT molecular complexity index is 686. The average Bonchev–Trinajstić information content (AvgIpc) is 2.59. The zero-order chi connectivity index (χ0) is 12.6. The maximum Gasteiger partial charge on any atom is 0.221 e. The second-order valence-corrected chi connectivity index (χ2v) is 6.76. The van der Waals surface area contributed by atoms with Gasteiger partial charge in [-0.05, 0) is 34.5 Å². The Balaban J connectivity index is 2.62. The Morgan fingerprint density at radius 1 is 1.41 bits per heavy atom. The third kappa shape index (κ3) is 2.48. The highest BCUT2D eigenvalue weighted by atomic mass is 32.2. The summed E-state index contributed by atoms with van der Waals surface area (Å²) in [6, 6.07) is 4.92. The van der Waals surface area contributed by atoms with Crippen LogP contribution in [0.25, 0.3) is 10.1 Å². The van der Waals surface area contributed by atoms with E-state index in [2.05, 4.69) is 0 Å². The van der Waals surface area contributed by atoms with Crippen LogP contribution in [0.5, 0.6) is 0 Å². The van der Waals surface area contributed by atoms with E-state index in [1.165, 1.54) is 11.3 Å².